The number of ether oxygens (including phenoxy) is 1. The second kappa shape index (κ2) is 14.0. The Kier molecular flexibility index (Phi) is 12.4. The van der Waals surface area contributed by atoms with Crippen LogP contribution < -0.4 is 16.0 Å². The van der Waals surface area contributed by atoms with E-state index in [0.29, 0.717) is 23.7 Å². The zero-order valence-electron chi connectivity index (χ0n) is 15.7. The van der Waals surface area contributed by atoms with Crippen molar-refractivity contribution in [1.82, 2.24) is 20.9 Å². The molecule has 0 saturated carbocycles. The van der Waals surface area contributed by atoms with E-state index >= 15 is 0 Å². The van der Waals surface area contributed by atoms with Crippen LogP contribution in [0.15, 0.2) is 29.3 Å². The summed E-state index contributed by atoms with van der Waals surface area (Å²) in [6, 6.07) is 6.84. The van der Waals surface area contributed by atoms with E-state index in [1.54, 1.807) is 24.3 Å². The summed E-state index contributed by atoms with van der Waals surface area (Å²) in [7, 11) is 0. The SMILES string of the molecule is CCNC(=NCCN1CCOCC1)NCCNC(=O)c1ccc(Cl)cc1.I. The van der Waals surface area contributed by atoms with Gasteiger partial charge in [0.1, 0.15) is 0 Å². The van der Waals surface area contributed by atoms with Crippen molar-refractivity contribution in [2.75, 3.05) is 59.0 Å². The lowest BCUT2D eigenvalue weighted by Gasteiger charge is -2.25. The van der Waals surface area contributed by atoms with Crippen LogP contribution >= 0.6 is 35.6 Å². The number of nitrogens with zero attached hydrogens (tertiary/aromatic N) is 2. The summed E-state index contributed by atoms with van der Waals surface area (Å²) >= 11 is 5.83. The normalized spacial score (nSPS) is 15.0. The molecule has 0 aliphatic carbocycles. The molecule has 1 amide bonds. The van der Waals surface area contributed by atoms with E-state index in [9.17, 15) is 4.79 Å². The average molecular weight is 510 g/mol. The third-order valence-corrected chi connectivity index (χ3v) is 4.20. The molecule has 0 atom stereocenters. The van der Waals surface area contributed by atoms with E-state index in [2.05, 4.69) is 25.8 Å². The molecule has 0 aromatic heterocycles. The molecule has 0 unspecified atom stereocenters. The fourth-order valence-corrected chi connectivity index (χ4v) is 2.66. The quantitative estimate of drug-likeness (QED) is 0.215. The molecule has 27 heavy (non-hydrogen) atoms. The second-order valence-corrected chi connectivity index (χ2v) is 6.34. The van der Waals surface area contributed by atoms with Crippen LogP contribution in [0.1, 0.15) is 17.3 Å². The van der Waals surface area contributed by atoms with Gasteiger partial charge in [-0.2, -0.15) is 0 Å². The van der Waals surface area contributed by atoms with E-state index in [1.165, 1.54) is 0 Å². The van der Waals surface area contributed by atoms with Crippen LogP contribution in [0, 0.1) is 0 Å². The predicted molar refractivity (Wildman–Crippen MR) is 120 cm³/mol. The number of hydrogen-bond acceptors (Lipinski definition) is 4. The van der Waals surface area contributed by atoms with Crippen LogP contribution in [0.3, 0.4) is 0 Å². The van der Waals surface area contributed by atoms with E-state index in [0.717, 1.165) is 51.9 Å². The van der Waals surface area contributed by atoms with Gasteiger partial charge in [-0.1, -0.05) is 11.6 Å². The molecule has 2 rings (SSSR count). The van der Waals surface area contributed by atoms with Crippen molar-refractivity contribution in [2.45, 2.75) is 6.92 Å². The smallest absolute Gasteiger partial charge is 0.251 e. The van der Waals surface area contributed by atoms with Gasteiger partial charge in [0.2, 0.25) is 0 Å². The molecule has 7 nitrogen and oxygen atoms in total. The van der Waals surface area contributed by atoms with E-state index in [1.807, 2.05) is 6.92 Å². The molecule has 0 bridgehead atoms. The van der Waals surface area contributed by atoms with Crippen LogP contribution in [-0.2, 0) is 4.74 Å². The van der Waals surface area contributed by atoms with Gasteiger partial charge in [0, 0.05) is 49.9 Å². The Balaban J connectivity index is 0.00000364. The van der Waals surface area contributed by atoms with Crippen molar-refractivity contribution in [3.8, 4) is 0 Å². The monoisotopic (exact) mass is 509 g/mol. The minimum Gasteiger partial charge on any atom is -0.379 e. The number of hydrogen-bond donors (Lipinski definition) is 3. The van der Waals surface area contributed by atoms with Crippen molar-refractivity contribution in [1.29, 1.82) is 0 Å². The first-order chi connectivity index (χ1) is 12.7. The van der Waals surface area contributed by atoms with Gasteiger partial charge < -0.3 is 20.7 Å². The summed E-state index contributed by atoms with van der Waals surface area (Å²) in [4.78, 5) is 19.0. The van der Waals surface area contributed by atoms with Crippen molar-refractivity contribution >= 4 is 47.4 Å². The lowest BCUT2D eigenvalue weighted by Crippen LogP contribution is -2.42. The number of aliphatic imine (C=N–C) groups is 1. The first kappa shape index (κ1) is 23.9. The molecule has 1 aliphatic rings. The van der Waals surface area contributed by atoms with Gasteiger partial charge in [-0.05, 0) is 31.2 Å². The molecule has 152 valence electrons. The minimum atomic E-state index is -0.113. The van der Waals surface area contributed by atoms with Crippen LogP contribution in [0.25, 0.3) is 0 Å². The van der Waals surface area contributed by atoms with Crippen molar-refractivity contribution in [2.24, 2.45) is 4.99 Å². The third-order valence-electron chi connectivity index (χ3n) is 3.94. The molecule has 1 heterocycles. The summed E-state index contributed by atoms with van der Waals surface area (Å²) in [5, 5.41) is 9.94. The number of carbonyl (C=O) groups excluding carboxylic acids is 1. The van der Waals surface area contributed by atoms with Gasteiger partial charge in [-0.15, -0.1) is 24.0 Å². The van der Waals surface area contributed by atoms with Crippen LogP contribution in [0.2, 0.25) is 5.02 Å². The Bertz CT molecular complexity index is 580. The van der Waals surface area contributed by atoms with Gasteiger partial charge in [0.05, 0.1) is 19.8 Å². The van der Waals surface area contributed by atoms with Gasteiger partial charge in [0.25, 0.3) is 5.91 Å². The van der Waals surface area contributed by atoms with Gasteiger partial charge in [0.15, 0.2) is 5.96 Å². The Morgan fingerprint density at radius 2 is 1.81 bits per heavy atom. The summed E-state index contributed by atoms with van der Waals surface area (Å²) in [6.45, 7) is 9.12. The number of guanidine groups is 1. The number of amides is 1. The highest BCUT2D eigenvalue weighted by Gasteiger charge is 2.09. The molecule has 1 saturated heterocycles. The first-order valence-corrected chi connectivity index (χ1v) is 9.43. The number of benzene rings is 1. The molecule has 9 heteroatoms. The van der Waals surface area contributed by atoms with E-state index < -0.39 is 0 Å². The lowest BCUT2D eigenvalue weighted by molar-refractivity contribution is 0.0394. The first-order valence-electron chi connectivity index (χ1n) is 9.05. The maximum atomic E-state index is 12.0. The average Bonchev–Trinajstić information content (AvgIpc) is 2.66. The molecule has 0 spiro atoms. The molecular weight excluding hydrogens is 481 g/mol. The molecule has 1 fully saturated rings. The fraction of sp³-hybridized carbons (Fsp3) is 0.556. The number of nitrogens with one attached hydrogen (secondary N) is 3. The van der Waals surface area contributed by atoms with Crippen molar-refractivity contribution in [3.05, 3.63) is 34.9 Å². The zero-order valence-corrected chi connectivity index (χ0v) is 18.8. The highest BCUT2D eigenvalue weighted by atomic mass is 127. The highest BCUT2D eigenvalue weighted by molar-refractivity contribution is 14.0. The zero-order chi connectivity index (χ0) is 18.6. The van der Waals surface area contributed by atoms with Crippen molar-refractivity contribution in [3.63, 3.8) is 0 Å². The van der Waals surface area contributed by atoms with E-state index in [4.69, 9.17) is 16.3 Å². The van der Waals surface area contributed by atoms with Crippen molar-refractivity contribution < 1.29 is 9.53 Å². The number of morpholine rings is 1. The summed E-state index contributed by atoms with van der Waals surface area (Å²) in [6.07, 6.45) is 0. The predicted octanol–water partition coefficient (Wildman–Crippen LogP) is 1.58. The van der Waals surface area contributed by atoms with Gasteiger partial charge in [-0.25, -0.2) is 0 Å². The standard InChI is InChI=1S/C18H28ClN5O2.HI/c1-2-20-18(23-9-10-24-11-13-26-14-12-24)22-8-7-21-17(25)15-3-5-16(19)6-4-15;/h3-6H,2,7-14H2,1H3,(H,21,25)(H2,20,22,23);1H. The largest absolute Gasteiger partial charge is 0.379 e. The summed E-state index contributed by atoms with van der Waals surface area (Å²) in [5.74, 6) is 0.652. The molecule has 0 radical (unpaired) electrons. The molecule has 1 aliphatic heterocycles. The fourth-order valence-electron chi connectivity index (χ4n) is 2.53. The topological polar surface area (TPSA) is 78.0 Å². The van der Waals surface area contributed by atoms with Gasteiger partial charge >= 0.3 is 0 Å². The third kappa shape index (κ3) is 9.59. The van der Waals surface area contributed by atoms with Crippen LogP contribution in [-0.4, -0.2) is 75.8 Å². The maximum absolute atomic E-state index is 12.0. The highest BCUT2D eigenvalue weighted by Crippen LogP contribution is 2.09. The Morgan fingerprint density at radius 1 is 1.15 bits per heavy atom. The second-order valence-electron chi connectivity index (χ2n) is 5.90. The number of halogens is 2. The van der Waals surface area contributed by atoms with Gasteiger partial charge in [-0.3, -0.25) is 14.7 Å². The molecule has 1 aromatic carbocycles. The number of carbonyl (C=O) groups is 1. The molecule has 1 aromatic rings. The van der Waals surface area contributed by atoms with E-state index in [-0.39, 0.29) is 29.9 Å². The Labute approximate surface area is 183 Å². The van der Waals surface area contributed by atoms with Crippen LogP contribution in [0.5, 0.6) is 0 Å². The Hall–Kier alpha value is -1.10. The molecular formula is C18H29ClIN5O2. The summed E-state index contributed by atoms with van der Waals surface area (Å²) < 4.78 is 5.35. The molecule has 3 N–H and O–H groups in total. The summed E-state index contributed by atoms with van der Waals surface area (Å²) in [5.41, 5.74) is 0.598. The lowest BCUT2D eigenvalue weighted by atomic mass is 10.2. The number of rotatable bonds is 8. The van der Waals surface area contributed by atoms with Crippen LogP contribution in [0.4, 0.5) is 0 Å². The Morgan fingerprint density at radius 3 is 2.48 bits per heavy atom. The minimum absolute atomic E-state index is 0. The maximum Gasteiger partial charge on any atom is 0.251 e.